The Hall–Kier alpha value is -4.01. The molecule has 8 atom stereocenters. The van der Waals surface area contributed by atoms with Crippen LogP contribution in [0.4, 0.5) is 0 Å². The Morgan fingerprint density at radius 3 is 1.77 bits per heavy atom. The highest BCUT2D eigenvalue weighted by Crippen LogP contribution is 2.38. The molecule has 0 heterocycles. The van der Waals surface area contributed by atoms with E-state index in [0.29, 0.717) is 31.1 Å². The van der Waals surface area contributed by atoms with Crippen LogP contribution in [0.25, 0.3) is 0 Å². The molecule has 0 bridgehead atoms. The number of carbonyl (C=O) groups excluding carboxylic acids is 5. The van der Waals surface area contributed by atoms with Crippen molar-refractivity contribution < 1.29 is 33.4 Å². The van der Waals surface area contributed by atoms with E-state index in [1.807, 2.05) is 88.4 Å². The van der Waals surface area contributed by atoms with Crippen LogP contribution in [0.1, 0.15) is 130 Å². The summed E-state index contributed by atoms with van der Waals surface area (Å²) in [7, 11) is 1.34. The summed E-state index contributed by atoms with van der Waals surface area (Å²) in [6, 6.07) is 18.6. The summed E-state index contributed by atoms with van der Waals surface area (Å²) < 4.78 is 9.85. The average molecular weight is 775 g/mol. The Labute approximate surface area is 336 Å². The molecule has 0 spiro atoms. The zero-order valence-electron chi connectivity index (χ0n) is 35.4. The lowest BCUT2D eigenvalue weighted by Gasteiger charge is -2.38. The van der Waals surface area contributed by atoms with Crippen molar-refractivity contribution in [2.24, 2.45) is 35.5 Å². The fraction of sp³-hybridized carbons (Fsp3) is 0.638. The number of amides is 2. The van der Waals surface area contributed by atoms with Crippen LogP contribution >= 0.6 is 0 Å². The minimum atomic E-state index is -0.796. The van der Waals surface area contributed by atoms with Crippen LogP contribution < -0.4 is 10.6 Å². The molecule has 2 saturated carbocycles. The van der Waals surface area contributed by atoms with Crippen molar-refractivity contribution >= 4 is 29.5 Å². The molecule has 0 unspecified atom stereocenters. The minimum Gasteiger partial charge on any atom is -0.467 e. The molecule has 2 aromatic carbocycles. The summed E-state index contributed by atoms with van der Waals surface area (Å²) >= 11 is 0. The molecular formula is C47H70N2O7. The number of hydrogen-bond donors (Lipinski definition) is 2. The van der Waals surface area contributed by atoms with E-state index in [9.17, 15) is 24.0 Å². The van der Waals surface area contributed by atoms with Gasteiger partial charge < -0.3 is 20.1 Å². The van der Waals surface area contributed by atoms with Crippen LogP contribution in [0.5, 0.6) is 0 Å². The number of carbonyl (C=O) groups is 5. The summed E-state index contributed by atoms with van der Waals surface area (Å²) in [6.45, 7) is 13.3. The topological polar surface area (TPSA) is 128 Å². The fourth-order valence-electron chi connectivity index (χ4n) is 8.96. The Bertz CT molecular complexity index is 1520. The van der Waals surface area contributed by atoms with Crippen LogP contribution in [-0.4, -0.2) is 54.3 Å². The predicted molar refractivity (Wildman–Crippen MR) is 221 cm³/mol. The average Bonchev–Trinajstić information content (AvgIpc) is 3.16. The minimum absolute atomic E-state index is 0.0133. The maximum atomic E-state index is 14.2. The third-order valence-electron chi connectivity index (χ3n) is 11.7. The molecule has 2 N–H and O–H groups in total. The molecule has 2 aliphatic carbocycles. The Morgan fingerprint density at radius 1 is 0.732 bits per heavy atom. The number of nitrogens with one attached hydrogen (secondary N) is 2. The van der Waals surface area contributed by atoms with E-state index in [-0.39, 0.29) is 59.4 Å². The zero-order valence-corrected chi connectivity index (χ0v) is 35.4. The van der Waals surface area contributed by atoms with Crippen molar-refractivity contribution in [2.75, 3.05) is 7.11 Å². The van der Waals surface area contributed by atoms with E-state index < -0.39 is 17.9 Å². The molecule has 2 amide bonds. The van der Waals surface area contributed by atoms with Gasteiger partial charge >= 0.3 is 11.9 Å². The Kier molecular flexibility index (Phi) is 19.3. The summed E-state index contributed by atoms with van der Waals surface area (Å²) in [5.74, 6) is -0.771. The van der Waals surface area contributed by atoms with Gasteiger partial charge in [0.15, 0.2) is 0 Å². The molecule has 310 valence electrons. The highest BCUT2D eigenvalue weighted by molar-refractivity contribution is 5.89. The molecule has 4 rings (SSSR count). The molecule has 9 heteroatoms. The van der Waals surface area contributed by atoms with Crippen LogP contribution in [0.15, 0.2) is 60.7 Å². The number of rotatable bonds is 16. The maximum absolute atomic E-state index is 14.2. The third-order valence-corrected chi connectivity index (χ3v) is 11.7. The van der Waals surface area contributed by atoms with E-state index in [4.69, 9.17) is 9.47 Å². The van der Waals surface area contributed by atoms with Crippen molar-refractivity contribution in [3.8, 4) is 0 Å². The zero-order chi connectivity index (χ0) is 41.3. The highest BCUT2D eigenvalue weighted by atomic mass is 16.6. The molecule has 2 aromatic rings. The first-order valence-corrected chi connectivity index (χ1v) is 21.2. The summed E-state index contributed by atoms with van der Waals surface area (Å²) in [5.41, 5.74) is 1.65. The number of methoxy groups -OCH3 is 1. The molecule has 0 radical (unpaired) electrons. The lowest BCUT2D eigenvalue weighted by Crippen LogP contribution is -2.52. The summed E-state index contributed by atoms with van der Waals surface area (Å²) in [6.07, 6.45) is 10.7. The van der Waals surface area contributed by atoms with Gasteiger partial charge in [0, 0.05) is 43.6 Å². The van der Waals surface area contributed by atoms with Gasteiger partial charge in [-0.25, -0.2) is 4.79 Å². The van der Waals surface area contributed by atoms with Crippen LogP contribution in [0, 0.1) is 35.5 Å². The first kappa shape index (κ1) is 46.4. The molecule has 2 fully saturated rings. The first-order chi connectivity index (χ1) is 26.7. The number of hydrogen-bond acceptors (Lipinski definition) is 7. The van der Waals surface area contributed by atoms with Crippen LogP contribution in [0.2, 0.25) is 0 Å². The summed E-state index contributed by atoms with van der Waals surface area (Å²) in [5, 5.41) is 6.38. The third kappa shape index (κ3) is 15.2. The lowest BCUT2D eigenvalue weighted by atomic mass is 9.70. The van der Waals surface area contributed by atoms with Crippen LogP contribution in [-0.2, 0) is 46.3 Å². The second-order valence-electron chi connectivity index (χ2n) is 17.1. The molecule has 0 aliphatic heterocycles. The summed E-state index contributed by atoms with van der Waals surface area (Å²) in [4.78, 5) is 65.0. The van der Waals surface area contributed by atoms with E-state index in [1.165, 1.54) is 33.3 Å². The molecule has 2 aliphatic rings. The van der Waals surface area contributed by atoms with Gasteiger partial charge in [-0.2, -0.15) is 0 Å². The first-order valence-electron chi connectivity index (χ1n) is 21.2. The van der Waals surface area contributed by atoms with Crippen molar-refractivity contribution in [1.82, 2.24) is 10.6 Å². The second-order valence-corrected chi connectivity index (χ2v) is 17.1. The number of ketones is 1. The van der Waals surface area contributed by atoms with Gasteiger partial charge in [0.2, 0.25) is 11.8 Å². The number of benzene rings is 2. The van der Waals surface area contributed by atoms with E-state index >= 15 is 0 Å². The van der Waals surface area contributed by atoms with Gasteiger partial charge in [-0.1, -0.05) is 114 Å². The molecule has 0 aromatic heterocycles. The quantitative estimate of drug-likeness (QED) is 0.164. The van der Waals surface area contributed by atoms with Gasteiger partial charge in [-0.3, -0.25) is 19.2 Å². The fourth-order valence-corrected chi connectivity index (χ4v) is 8.96. The Morgan fingerprint density at radius 2 is 1.27 bits per heavy atom. The van der Waals surface area contributed by atoms with E-state index in [1.54, 1.807) is 0 Å². The van der Waals surface area contributed by atoms with Crippen molar-refractivity contribution in [3.63, 3.8) is 0 Å². The highest BCUT2D eigenvalue weighted by Gasteiger charge is 2.39. The van der Waals surface area contributed by atoms with E-state index in [0.717, 1.165) is 49.7 Å². The second kappa shape index (κ2) is 23.3. The maximum Gasteiger partial charge on any atom is 0.328 e. The van der Waals surface area contributed by atoms with Gasteiger partial charge in [0.05, 0.1) is 7.11 Å². The van der Waals surface area contributed by atoms with Crippen LogP contribution in [0.3, 0.4) is 0 Å². The van der Waals surface area contributed by atoms with Crippen molar-refractivity contribution in [1.29, 1.82) is 0 Å². The normalized spacial score (nSPS) is 21.8. The lowest BCUT2D eigenvalue weighted by molar-refractivity contribution is -0.152. The van der Waals surface area contributed by atoms with Gasteiger partial charge in [0.1, 0.15) is 17.4 Å². The van der Waals surface area contributed by atoms with Gasteiger partial charge in [-0.15, -0.1) is 0 Å². The van der Waals surface area contributed by atoms with Crippen molar-refractivity contribution in [2.45, 2.75) is 150 Å². The number of Topliss-reactive ketones (excluding diaryl/α,β-unsaturated/α-hetero) is 1. The monoisotopic (exact) mass is 775 g/mol. The van der Waals surface area contributed by atoms with Crippen molar-refractivity contribution in [3.05, 3.63) is 71.8 Å². The molecule has 0 saturated heterocycles. The molecular weight excluding hydrogens is 705 g/mol. The van der Waals surface area contributed by atoms with Gasteiger partial charge in [-0.05, 0) is 88.2 Å². The molecule has 56 heavy (non-hydrogen) atoms. The largest absolute Gasteiger partial charge is 0.467 e. The predicted octanol–water partition coefficient (Wildman–Crippen LogP) is 8.61. The van der Waals surface area contributed by atoms with E-state index in [2.05, 4.69) is 24.5 Å². The standard InChI is InChI=1S/C41H58N2O5.C6H12O2/c1-5-32(34-22-14-13-17-28(34)3)38(44)27-31(25-29-18-9-7-10-19-29)39(45)42-36-24-16-15-23-35(36)33(6-2)40(46)43-37(41(47)48-4)26-30-20-11-8-12-21-30;1-5(7)8-6(2,3)4/h7-12,18-21,28,31-37H,5-6,13-17,22-27H2,1-4H3,(H,42,45)(H,43,46);1-4H3/t28-,31+,32-,33-,34+,35-,36-,37-;/m1./s1. The number of ether oxygens (including phenoxy) is 2. The molecule has 9 nitrogen and oxygen atoms in total. The smallest absolute Gasteiger partial charge is 0.328 e. The number of esters is 2. The van der Waals surface area contributed by atoms with Gasteiger partial charge in [0.25, 0.3) is 0 Å². The Balaban J connectivity index is 0.000000946. The SMILES string of the molecule is CC(=O)OC(C)(C)C.CC[C@@H](C(=O)C[C@H](Cc1ccccc1)C(=O)N[C@@H]1CCCC[C@@H]1[C@@H](CC)C(=O)N[C@H](Cc1ccccc1)C(=O)OC)[C@H]1CCCC[C@H]1C.